The van der Waals surface area contributed by atoms with Gasteiger partial charge in [0.05, 0.1) is 34.7 Å². The molecular formula is C34H26N4. The first-order valence-corrected chi connectivity index (χ1v) is 12.9. The maximum absolute atomic E-state index is 4.51. The summed E-state index contributed by atoms with van der Waals surface area (Å²) < 4.78 is 4.40. The Hall–Kier alpha value is -4.96. The second-order valence-corrected chi connectivity index (χ2v) is 9.70. The average molecular weight is 491 g/mol. The molecule has 7 aromatic rings. The van der Waals surface area contributed by atoms with E-state index < -0.39 is 0 Å². The van der Waals surface area contributed by atoms with Gasteiger partial charge in [-0.05, 0) is 63.7 Å². The zero-order valence-electron chi connectivity index (χ0n) is 20.9. The van der Waals surface area contributed by atoms with Crippen LogP contribution in [0, 0.1) is 0 Å². The Morgan fingerprint density at radius 3 is 1.34 bits per heavy atom. The van der Waals surface area contributed by atoms with E-state index in [4.69, 9.17) is 0 Å². The quantitative estimate of drug-likeness (QED) is 0.238. The molecule has 4 heteroatoms. The predicted molar refractivity (Wildman–Crippen MR) is 155 cm³/mol. The summed E-state index contributed by atoms with van der Waals surface area (Å²) in [5, 5.41) is 0. The molecule has 2 heterocycles. The van der Waals surface area contributed by atoms with Crippen LogP contribution in [0.1, 0.15) is 11.1 Å². The van der Waals surface area contributed by atoms with Gasteiger partial charge in [0.15, 0.2) is 0 Å². The fourth-order valence-corrected chi connectivity index (χ4v) is 5.15. The molecule has 0 aliphatic carbocycles. The maximum atomic E-state index is 4.51. The number of hydrogen-bond donors (Lipinski definition) is 0. The van der Waals surface area contributed by atoms with Gasteiger partial charge in [0.2, 0.25) is 0 Å². The number of rotatable bonds is 6. The van der Waals surface area contributed by atoms with Gasteiger partial charge in [-0.15, -0.1) is 0 Å². The number of benzene rings is 5. The molecule has 0 atom stereocenters. The Bertz CT molecular complexity index is 1720. The third-order valence-electron chi connectivity index (χ3n) is 7.20. The molecule has 0 saturated heterocycles. The first-order valence-electron chi connectivity index (χ1n) is 12.9. The molecule has 2 aromatic heterocycles. The lowest BCUT2D eigenvalue weighted by atomic mass is 9.98. The number of para-hydroxylation sites is 4. The van der Waals surface area contributed by atoms with Gasteiger partial charge in [0.1, 0.15) is 0 Å². The molecular weight excluding hydrogens is 464 g/mol. The van der Waals surface area contributed by atoms with Crippen LogP contribution in [0.3, 0.4) is 0 Å². The van der Waals surface area contributed by atoms with Crippen LogP contribution in [0.5, 0.6) is 0 Å². The van der Waals surface area contributed by atoms with E-state index in [1.54, 1.807) is 0 Å². The Morgan fingerprint density at radius 1 is 0.421 bits per heavy atom. The monoisotopic (exact) mass is 490 g/mol. The van der Waals surface area contributed by atoms with Gasteiger partial charge in [0, 0.05) is 13.1 Å². The van der Waals surface area contributed by atoms with Crippen LogP contribution in [0.4, 0.5) is 0 Å². The molecule has 5 aromatic carbocycles. The standard InChI is InChI=1S/C34H26N4/c1-3-10-33-31(8-1)35-23-37(33)21-25-12-16-27(17-13-25)29-6-5-7-30(20-29)28-18-14-26(15-19-28)22-38-24-36-32-9-2-4-11-34(32)38/h1-20,23-24H,21-22H2. The lowest BCUT2D eigenvalue weighted by Crippen LogP contribution is -1.97. The van der Waals surface area contributed by atoms with Gasteiger partial charge in [-0.25, -0.2) is 9.97 Å². The number of aromatic nitrogens is 4. The van der Waals surface area contributed by atoms with E-state index in [0.717, 1.165) is 35.2 Å². The Kier molecular flexibility index (Phi) is 5.56. The second-order valence-electron chi connectivity index (χ2n) is 9.70. The van der Waals surface area contributed by atoms with Crippen molar-refractivity contribution >= 4 is 22.1 Å². The van der Waals surface area contributed by atoms with E-state index in [2.05, 4.69) is 128 Å². The predicted octanol–water partition coefficient (Wildman–Crippen LogP) is 7.82. The first-order chi connectivity index (χ1) is 18.8. The van der Waals surface area contributed by atoms with Crippen LogP contribution in [0.25, 0.3) is 44.3 Å². The lowest BCUT2D eigenvalue weighted by molar-refractivity contribution is 0.824. The molecule has 4 nitrogen and oxygen atoms in total. The minimum Gasteiger partial charge on any atom is -0.326 e. The summed E-state index contributed by atoms with van der Waals surface area (Å²) in [5.41, 5.74) is 11.8. The molecule has 7 rings (SSSR count). The number of fused-ring (bicyclic) bond motifs is 2. The van der Waals surface area contributed by atoms with E-state index in [9.17, 15) is 0 Å². The van der Waals surface area contributed by atoms with Gasteiger partial charge >= 0.3 is 0 Å². The van der Waals surface area contributed by atoms with Crippen LogP contribution in [0.15, 0.2) is 134 Å². The molecule has 0 bridgehead atoms. The molecule has 0 fully saturated rings. The topological polar surface area (TPSA) is 35.6 Å². The molecule has 0 aliphatic rings. The van der Waals surface area contributed by atoms with E-state index in [0.29, 0.717) is 0 Å². The fourth-order valence-electron chi connectivity index (χ4n) is 5.15. The number of nitrogens with zero attached hydrogens (tertiary/aromatic N) is 4. The highest BCUT2D eigenvalue weighted by Gasteiger charge is 2.06. The molecule has 0 radical (unpaired) electrons. The molecule has 0 aliphatic heterocycles. The Labute approximate surface area is 221 Å². The van der Waals surface area contributed by atoms with Crippen molar-refractivity contribution in [2.75, 3.05) is 0 Å². The van der Waals surface area contributed by atoms with Crippen molar-refractivity contribution in [2.45, 2.75) is 13.1 Å². The van der Waals surface area contributed by atoms with Crippen LogP contribution in [-0.4, -0.2) is 19.1 Å². The Morgan fingerprint density at radius 2 is 0.868 bits per heavy atom. The highest BCUT2D eigenvalue weighted by Crippen LogP contribution is 2.27. The maximum Gasteiger partial charge on any atom is 0.0961 e. The van der Waals surface area contributed by atoms with Gasteiger partial charge in [-0.1, -0.05) is 91.0 Å². The van der Waals surface area contributed by atoms with Crippen LogP contribution < -0.4 is 0 Å². The zero-order chi connectivity index (χ0) is 25.3. The molecule has 0 N–H and O–H groups in total. The molecule has 0 unspecified atom stereocenters. The van der Waals surface area contributed by atoms with Gasteiger partial charge in [-0.2, -0.15) is 0 Å². The Balaban J connectivity index is 1.08. The lowest BCUT2D eigenvalue weighted by Gasteiger charge is -2.10. The third kappa shape index (κ3) is 4.27. The minimum atomic E-state index is 0.808. The van der Waals surface area contributed by atoms with Gasteiger partial charge < -0.3 is 9.13 Å². The van der Waals surface area contributed by atoms with Crippen LogP contribution in [0.2, 0.25) is 0 Å². The highest BCUT2D eigenvalue weighted by atomic mass is 15.0. The van der Waals surface area contributed by atoms with Crippen LogP contribution in [-0.2, 0) is 13.1 Å². The van der Waals surface area contributed by atoms with E-state index >= 15 is 0 Å². The van der Waals surface area contributed by atoms with Crippen molar-refractivity contribution in [3.63, 3.8) is 0 Å². The summed E-state index contributed by atoms with van der Waals surface area (Å²) in [7, 11) is 0. The van der Waals surface area contributed by atoms with Crippen molar-refractivity contribution in [3.05, 3.63) is 145 Å². The summed E-state index contributed by atoms with van der Waals surface area (Å²) in [4.78, 5) is 9.03. The van der Waals surface area contributed by atoms with Crippen molar-refractivity contribution in [1.29, 1.82) is 0 Å². The van der Waals surface area contributed by atoms with Gasteiger partial charge in [0.25, 0.3) is 0 Å². The normalized spacial score (nSPS) is 11.4. The summed E-state index contributed by atoms with van der Waals surface area (Å²) in [6.07, 6.45) is 3.84. The SMILES string of the molecule is c1cc(-c2ccc(Cn3cnc4ccccc43)cc2)cc(-c2ccc(Cn3cnc4ccccc43)cc2)c1. The van der Waals surface area contributed by atoms with E-state index in [-0.39, 0.29) is 0 Å². The molecule has 38 heavy (non-hydrogen) atoms. The average Bonchev–Trinajstić information content (AvgIpc) is 3.58. The molecule has 0 spiro atoms. The van der Waals surface area contributed by atoms with Crippen molar-refractivity contribution in [2.24, 2.45) is 0 Å². The highest BCUT2D eigenvalue weighted by molar-refractivity contribution is 5.76. The largest absolute Gasteiger partial charge is 0.326 e. The number of hydrogen-bond acceptors (Lipinski definition) is 2. The summed E-state index contributed by atoms with van der Waals surface area (Å²) in [6.45, 7) is 1.62. The summed E-state index contributed by atoms with van der Waals surface area (Å²) in [6, 6.07) is 43.0. The summed E-state index contributed by atoms with van der Waals surface area (Å²) in [5.74, 6) is 0. The van der Waals surface area contributed by atoms with Crippen molar-refractivity contribution in [1.82, 2.24) is 19.1 Å². The summed E-state index contributed by atoms with van der Waals surface area (Å²) >= 11 is 0. The minimum absolute atomic E-state index is 0.808. The number of imidazole rings is 2. The smallest absolute Gasteiger partial charge is 0.0961 e. The molecule has 0 amide bonds. The molecule has 0 saturated carbocycles. The fraction of sp³-hybridized carbons (Fsp3) is 0.0588. The van der Waals surface area contributed by atoms with Gasteiger partial charge in [-0.3, -0.25) is 0 Å². The van der Waals surface area contributed by atoms with E-state index in [1.807, 2.05) is 24.8 Å². The van der Waals surface area contributed by atoms with Crippen molar-refractivity contribution < 1.29 is 0 Å². The van der Waals surface area contributed by atoms with E-state index in [1.165, 1.54) is 33.4 Å². The van der Waals surface area contributed by atoms with Crippen LogP contribution >= 0.6 is 0 Å². The zero-order valence-corrected chi connectivity index (χ0v) is 20.9. The van der Waals surface area contributed by atoms with Crippen molar-refractivity contribution in [3.8, 4) is 22.3 Å². The third-order valence-corrected chi connectivity index (χ3v) is 7.20. The second kappa shape index (κ2) is 9.49. The molecule has 182 valence electrons. The first kappa shape index (κ1) is 22.3.